The molecule has 0 amide bonds. The van der Waals surface area contributed by atoms with Crippen molar-refractivity contribution in [2.24, 2.45) is 0 Å². The van der Waals surface area contributed by atoms with E-state index in [-0.39, 0.29) is 5.56 Å². The van der Waals surface area contributed by atoms with Crippen molar-refractivity contribution in [3.63, 3.8) is 0 Å². The Labute approximate surface area is 150 Å². The zero-order valence-corrected chi connectivity index (χ0v) is 14.2. The van der Waals surface area contributed by atoms with Gasteiger partial charge in [0.2, 0.25) is 0 Å². The van der Waals surface area contributed by atoms with Gasteiger partial charge in [-0.25, -0.2) is 14.8 Å². The Morgan fingerprint density at radius 2 is 1.50 bits per heavy atom. The van der Waals surface area contributed by atoms with Crippen LogP contribution in [-0.2, 0) is 0 Å². The van der Waals surface area contributed by atoms with E-state index in [1.807, 2.05) is 61.5 Å². The van der Waals surface area contributed by atoms with Crippen LogP contribution in [0.25, 0.3) is 33.5 Å². The van der Waals surface area contributed by atoms with Crippen molar-refractivity contribution in [2.75, 3.05) is 0 Å². The van der Waals surface area contributed by atoms with Gasteiger partial charge in [-0.1, -0.05) is 54.6 Å². The van der Waals surface area contributed by atoms with Crippen LogP contribution in [-0.4, -0.2) is 21.0 Å². The number of carboxylic acid groups (broad SMARTS) is 1. The number of hydrogen-bond donors (Lipinski definition) is 1. The highest BCUT2D eigenvalue weighted by atomic mass is 16.4. The van der Waals surface area contributed by atoms with Crippen LogP contribution >= 0.6 is 0 Å². The molecule has 126 valence electrons. The molecule has 0 fully saturated rings. The molecule has 0 radical (unpaired) electrons. The van der Waals surface area contributed by atoms with Gasteiger partial charge in [0.1, 0.15) is 0 Å². The van der Waals surface area contributed by atoms with E-state index in [0.29, 0.717) is 11.0 Å². The molecule has 0 bridgehead atoms. The molecule has 0 unspecified atom stereocenters. The van der Waals surface area contributed by atoms with E-state index >= 15 is 0 Å². The van der Waals surface area contributed by atoms with Crippen molar-refractivity contribution in [2.45, 2.75) is 6.92 Å². The number of carbonyl (C=O) groups is 1. The molecule has 1 aromatic heterocycles. The predicted molar refractivity (Wildman–Crippen MR) is 102 cm³/mol. The minimum atomic E-state index is -0.974. The third-order valence-corrected chi connectivity index (χ3v) is 4.36. The maximum absolute atomic E-state index is 11.3. The summed E-state index contributed by atoms with van der Waals surface area (Å²) in [5.74, 6) is -0.974. The molecule has 4 aromatic rings. The van der Waals surface area contributed by atoms with Crippen LogP contribution in [0.5, 0.6) is 0 Å². The first-order valence-electron chi connectivity index (χ1n) is 8.30. The summed E-state index contributed by atoms with van der Waals surface area (Å²) in [6.07, 6.45) is 0. The normalized spacial score (nSPS) is 10.8. The second kappa shape index (κ2) is 6.41. The van der Waals surface area contributed by atoms with Crippen LogP contribution < -0.4 is 0 Å². The van der Waals surface area contributed by atoms with Crippen LogP contribution in [0.3, 0.4) is 0 Å². The Morgan fingerprint density at radius 1 is 0.808 bits per heavy atom. The smallest absolute Gasteiger partial charge is 0.335 e. The van der Waals surface area contributed by atoms with Gasteiger partial charge in [-0.3, -0.25) is 0 Å². The summed E-state index contributed by atoms with van der Waals surface area (Å²) < 4.78 is 0. The third kappa shape index (κ3) is 2.82. The van der Waals surface area contributed by atoms with Crippen molar-refractivity contribution in [1.82, 2.24) is 9.97 Å². The molecular weight excluding hydrogens is 324 g/mol. The van der Waals surface area contributed by atoms with Crippen molar-refractivity contribution < 1.29 is 9.90 Å². The number of hydrogen-bond acceptors (Lipinski definition) is 3. The number of fused-ring (bicyclic) bond motifs is 1. The van der Waals surface area contributed by atoms with Crippen molar-refractivity contribution in [1.29, 1.82) is 0 Å². The Kier molecular flexibility index (Phi) is 3.93. The summed E-state index contributed by atoms with van der Waals surface area (Å²) in [4.78, 5) is 20.9. The molecule has 0 aliphatic carbocycles. The second-order valence-electron chi connectivity index (χ2n) is 6.11. The standard InChI is InChI=1S/C22H16N2O2/c1-14-7-5-6-10-17(14)21-20(15-8-3-2-4-9-15)23-18-12-11-16(22(25)26)13-19(18)24-21/h2-13H,1H3,(H,25,26). The van der Waals surface area contributed by atoms with E-state index in [1.54, 1.807) is 18.2 Å². The Hall–Kier alpha value is -3.53. The summed E-state index contributed by atoms with van der Waals surface area (Å²) in [6, 6.07) is 22.7. The molecule has 3 aromatic carbocycles. The number of rotatable bonds is 3. The topological polar surface area (TPSA) is 63.1 Å². The molecule has 0 spiro atoms. The van der Waals surface area contributed by atoms with Crippen LogP contribution in [0.15, 0.2) is 72.8 Å². The number of aryl methyl sites for hydroxylation is 1. The molecule has 0 atom stereocenters. The number of aromatic nitrogens is 2. The lowest BCUT2D eigenvalue weighted by atomic mass is 10.00. The van der Waals surface area contributed by atoms with Gasteiger partial charge >= 0.3 is 5.97 Å². The van der Waals surface area contributed by atoms with Gasteiger partial charge in [-0.2, -0.15) is 0 Å². The van der Waals surface area contributed by atoms with Gasteiger partial charge in [-0.15, -0.1) is 0 Å². The van der Waals surface area contributed by atoms with E-state index in [9.17, 15) is 9.90 Å². The van der Waals surface area contributed by atoms with Gasteiger partial charge in [0, 0.05) is 11.1 Å². The summed E-state index contributed by atoms with van der Waals surface area (Å²) in [5, 5.41) is 9.26. The second-order valence-corrected chi connectivity index (χ2v) is 6.11. The highest BCUT2D eigenvalue weighted by Gasteiger charge is 2.15. The maximum atomic E-state index is 11.3. The molecule has 4 heteroatoms. The van der Waals surface area contributed by atoms with Gasteiger partial charge < -0.3 is 5.11 Å². The first-order chi connectivity index (χ1) is 12.6. The van der Waals surface area contributed by atoms with Gasteiger partial charge in [0.25, 0.3) is 0 Å². The van der Waals surface area contributed by atoms with E-state index in [4.69, 9.17) is 9.97 Å². The zero-order chi connectivity index (χ0) is 18.1. The number of carboxylic acids is 1. The molecule has 4 rings (SSSR count). The summed E-state index contributed by atoms with van der Waals surface area (Å²) in [6.45, 7) is 2.03. The third-order valence-electron chi connectivity index (χ3n) is 4.36. The van der Waals surface area contributed by atoms with E-state index in [1.165, 1.54) is 0 Å². The largest absolute Gasteiger partial charge is 0.478 e. The van der Waals surface area contributed by atoms with Crippen LogP contribution in [0.2, 0.25) is 0 Å². The van der Waals surface area contributed by atoms with Crippen LogP contribution in [0.1, 0.15) is 15.9 Å². The molecule has 0 saturated heterocycles. The quantitative estimate of drug-likeness (QED) is 0.572. The summed E-state index contributed by atoms with van der Waals surface area (Å²) in [7, 11) is 0. The summed E-state index contributed by atoms with van der Waals surface area (Å²) in [5.41, 5.74) is 6.04. The Morgan fingerprint density at radius 3 is 2.23 bits per heavy atom. The number of nitrogens with zero attached hydrogens (tertiary/aromatic N) is 2. The first-order valence-corrected chi connectivity index (χ1v) is 8.30. The molecule has 0 aliphatic heterocycles. The fraction of sp³-hybridized carbons (Fsp3) is 0.0455. The zero-order valence-electron chi connectivity index (χ0n) is 14.2. The lowest BCUT2D eigenvalue weighted by Gasteiger charge is -2.12. The highest BCUT2D eigenvalue weighted by Crippen LogP contribution is 2.32. The molecule has 1 heterocycles. The lowest BCUT2D eigenvalue weighted by molar-refractivity contribution is 0.0697. The lowest BCUT2D eigenvalue weighted by Crippen LogP contribution is -2.00. The molecule has 26 heavy (non-hydrogen) atoms. The van der Waals surface area contributed by atoms with E-state index in [2.05, 4.69) is 0 Å². The predicted octanol–water partition coefficient (Wildman–Crippen LogP) is 4.97. The summed E-state index contributed by atoms with van der Waals surface area (Å²) >= 11 is 0. The SMILES string of the molecule is Cc1ccccc1-c1nc2cc(C(=O)O)ccc2nc1-c1ccccc1. The Balaban J connectivity index is 2.05. The minimum absolute atomic E-state index is 0.204. The molecule has 0 saturated carbocycles. The minimum Gasteiger partial charge on any atom is -0.478 e. The van der Waals surface area contributed by atoms with Crippen LogP contribution in [0.4, 0.5) is 0 Å². The van der Waals surface area contributed by atoms with Crippen molar-refractivity contribution in [3.05, 3.63) is 83.9 Å². The molecule has 0 aliphatic rings. The fourth-order valence-corrected chi connectivity index (χ4v) is 3.01. The van der Waals surface area contributed by atoms with Crippen LogP contribution in [0, 0.1) is 6.92 Å². The van der Waals surface area contributed by atoms with E-state index < -0.39 is 5.97 Å². The number of benzene rings is 3. The maximum Gasteiger partial charge on any atom is 0.335 e. The molecule has 1 N–H and O–H groups in total. The average molecular weight is 340 g/mol. The average Bonchev–Trinajstić information content (AvgIpc) is 2.67. The van der Waals surface area contributed by atoms with Gasteiger partial charge in [-0.05, 0) is 30.7 Å². The molecule has 4 nitrogen and oxygen atoms in total. The molecular formula is C22H16N2O2. The highest BCUT2D eigenvalue weighted by molar-refractivity contribution is 5.94. The van der Waals surface area contributed by atoms with Crippen molar-refractivity contribution in [3.8, 4) is 22.5 Å². The first kappa shape index (κ1) is 16.0. The monoisotopic (exact) mass is 340 g/mol. The van der Waals surface area contributed by atoms with E-state index in [0.717, 1.165) is 28.1 Å². The number of aromatic carboxylic acids is 1. The van der Waals surface area contributed by atoms with Gasteiger partial charge in [0.05, 0.1) is 28.0 Å². The fourth-order valence-electron chi connectivity index (χ4n) is 3.01. The van der Waals surface area contributed by atoms with Gasteiger partial charge in [0.15, 0.2) is 0 Å². The Bertz CT molecular complexity index is 1120. The van der Waals surface area contributed by atoms with Crippen molar-refractivity contribution >= 4 is 17.0 Å².